The molecule has 14 heteroatoms. The molecule has 3 rings (SSSR count). The quantitative estimate of drug-likeness (QED) is 0.499. The first-order valence-corrected chi connectivity index (χ1v) is 8.89. The number of ether oxygens (including phenoxy) is 1. The summed E-state index contributed by atoms with van der Waals surface area (Å²) >= 11 is 12.0. The van der Waals surface area contributed by atoms with Crippen molar-refractivity contribution in [1.82, 2.24) is 19.7 Å². The van der Waals surface area contributed by atoms with Gasteiger partial charge in [0.05, 0.1) is 27.6 Å². The smallest absolute Gasteiger partial charge is 0.434 e. The van der Waals surface area contributed by atoms with Crippen molar-refractivity contribution in [2.24, 2.45) is 0 Å². The second-order valence-corrected chi connectivity index (χ2v) is 6.60. The molecule has 0 fully saturated rings. The second kappa shape index (κ2) is 7.65. The van der Waals surface area contributed by atoms with Crippen molar-refractivity contribution in [2.75, 3.05) is 19.0 Å². The number of rotatable bonds is 4. The average Bonchev–Trinajstić information content (AvgIpc) is 2.96. The van der Waals surface area contributed by atoms with Gasteiger partial charge in [0.2, 0.25) is 0 Å². The lowest BCUT2D eigenvalue weighted by atomic mass is 10.2. The Kier molecular flexibility index (Phi) is 5.67. The van der Waals surface area contributed by atoms with Gasteiger partial charge < -0.3 is 10.1 Å². The molecule has 0 aliphatic rings. The molecule has 0 amide bonds. The summed E-state index contributed by atoms with van der Waals surface area (Å²) in [6.07, 6.45) is -9.63. The highest BCUT2D eigenvalue weighted by atomic mass is 35.5. The summed E-state index contributed by atoms with van der Waals surface area (Å²) in [6, 6.07) is 0.627. The van der Waals surface area contributed by atoms with Crippen LogP contribution in [0, 0.1) is 0 Å². The summed E-state index contributed by atoms with van der Waals surface area (Å²) in [5, 5.41) is 4.99. The van der Waals surface area contributed by atoms with Gasteiger partial charge in [-0.25, -0.2) is 4.68 Å². The summed E-state index contributed by atoms with van der Waals surface area (Å²) in [7, 11) is 1.29. The third kappa shape index (κ3) is 3.93. The van der Waals surface area contributed by atoms with E-state index in [1.54, 1.807) is 0 Å². The number of nitrogens with one attached hydrogen (secondary N) is 1. The van der Waals surface area contributed by atoms with Gasteiger partial charge in [-0.3, -0.25) is 0 Å². The summed E-state index contributed by atoms with van der Waals surface area (Å²) < 4.78 is 85.6. The number of hydrogen-bond acceptors (Lipinski definition) is 5. The van der Waals surface area contributed by atoms with Crippen LogP contribution >= 0.6 is 23.2 Å². The Morgan fingerprint density at radius 1 is 1.03 bits per heavy atom. The maximum Gasteiger partial charge on any atom is 0.434 e. The van der Waals surface area contributed by atoms with Crippen molar-refractivity contribution in [3.05, 3.63) is 33.4 Å². The van der Waals surface area contributed by atoms with Crippen LogP contribution in [0.3, 0.4) is 0 Å². The Bertz CT molecular complexity index is 1090. The fourth-order valence-electron chi connectivity index (χ4n) is 2.69. The van der Waals surface area contributed by atoms with E-state index < -0.39 is 50.7 Å². The molecule has 0 aliphatic carbocycles. The molecule has 0 unspecified atom stereocenters. The molecule has 0 radical (unpaired) electrons. The number of anilines is 1. The fourth-order valence-corrected chi connectivity index (χ4v) is 3.34. The second-order valence-electron chi connectivity index (χ2n) is 5.78. The minimum atomic E-state index is -4.90. The molecule has 0 atom stereocenters. The van der Waals surface area contributed by atoms with Crippen LogP contribution < -0.4 is 10.1 Å². The van der Waals surface area contributed by atoms with Gasteiger partial charge in [-0.1, -0.05) is 23.2 Å². The summed E-state index contributed by atoms with van der Waals surface area (Å²) in [5.41, 5.74) is -3.15. The normalized spacial score (nSPS) is 12.5. The van der Waals surface area contributed by atoms with Gasteiger partial charge in [0.15, 0.2) is 11.3 Å². The van der Waals surface area contributed by atoms with E-state index in [1.165, 1.54) is 14.0 Å². The molecule has 1 N–H and O–H groups in total. The zero-order valence-electron chi connectivity index (χ0n) is 15.1. The van der Waals surface area contributed by atoms with Crippen LogP contribution in [-0.2, 0) is 12.4 Å². The molecular formula is C16H11Cl2F6N5O. The number of aromatic nitrogens is 4. The molecule has 0 saturated heterocycles. The van der Waals surface area contributed by atoms with Gasteiger partial charge >= 0.3 is 18.4 Å². The van der Waals surface area contributed by atoms with E-state index in [4.69, 9.17) is 27.9 Å². The molecule has 0 saturated carbocycles. The molecule has 2 aromatic heterocycles. The third-order valence-corrected chi connectivity index (χ3v) is 4.42. The van der Waals surface area contributed by atoms with Crippen molar-refractivity contribution in [1.29, 1.82) is 0 Å². The molecule has 162 valence electrons. The number of alkyl halides is 6. The molecule has 1 aromatic carbocycles. The van der Waals surface area contributed by atoms with Gasteiger partial charge in [0, 0.05) is 7.05 Å². The molecule has 0 bridgehead atoms. The SMILES string of the molecule is CCOc1nc(C(F)(F)F)c2c(NC)n(-c3c(Cl)cc(C(F)(F)F)cc3Cl)nc2n1. The maximum absolute atomic E-state index is 13.6. The monoisotopic (exact) mass is 473 g/mol. The van der Waals surface area contributed by atoms with E-state index in [2.05, 4.69) is 20.4 Å². The highest BCUT2D eigenvalue weighted by molar-refractivity contribution is 6.38. The lowest BCUT2D eigenvalue weighted by Crippen LogP contribution is -2.12. The number of halogens is 8. The van der Waals surface area contributed by atoms with E-state index in [0.29, 0.717) is 12.1 Å². The zero-order chi connectivity index (χ0) is 22.4. The first-order valence-electron chi connectivity index (χ1n) is 8.13. The van der Waals surface area contributed by atoms with Crippen LogP contribution in [0.25, 0.3) is 16.7 Å². The lowest BCUT2D eigenvalue weighted by molar-refractivity contribution is -0.140. The Labute approximate surface area is 174 Å². The lowest BCUT2D eigenvalue weighted by Gasteiger charge is -2.14. The van der Waals surface area contributed by atoms with Crippen LogP contribution in [0.15, 0.2) is 12.1 Å². The average molecular weight is 474 g/mol. The topological polar surface area (TPSA) is 64.9 Å². The van der Waals surface area contributed by atoms with Crippen LogP contribution in [0.2, 0.25) is 10.0 Å². The molecule has 0 spiro atoms. The predicted molar refractivity (Wildman–Crippen MR) is 97.4 cm³/mol. The predicted octanol–water partition coefficient (Wildman–Crippen LogP) is 5.60. The number of benzene rings is 1. The highest BCUT2D eigenvalue weighted by Crippen LogP contribution is 2.42. The van der Waals surface area contributed by atoms with Gasteiger partial charge in [-0.05, 0) is 19.1 Å². The molecule has 3 aromatic rings. The number of nitrogens with zero attached hydrogens (tertiary/aromatic N) is 4. The zero-order valence-corrected chi connectivity index (χ0v) is 16.6. The van der Waals surface area contributed by atoms with Crippen LogP contribution in [0.1, 0.15) is 18.2 Å². The largest absolute Gasteiger partial charge is 0.464 e. The van der Waals surface area contributed by atoms with Crippen molar-refractivity contribution in [3.8, 4) is 11.7 Å². The van der Waals surface area contributed by atoms with Gasteiger partial charge in [-0.15, -0.1) is 5.10 Å². The van der Waals surface area contributed by atoms with E-state index in [1.807, 2.05) is 0 Å². The minimum Gasteiger partial charge on any atom is -0.464 e. The summed E-state index contributed by atoms with van der Waals surface area (Å²) in [5.74, 6) is -0.274. The molecule has 6 nitrogen and oxygen atoms in total. The van der Waals surface area contributed by atoms with E-state index in [9.17, 15) is 26.3 Å². The molecule has 30 heavy (non-hydrogen) atoms. The maximum atomic E-state index is 13.6. The van der Waals surface area contributed by atoms with Crippen LogP contribution in [0.5, 0.6) is 6.01 Å². The molecule has 2 heterocycles. The van der Waals surface area contributed by atoms with Gasteiger partial charge in [0.25, 0.3) is 0 Å². The van der Waals surface area contributed by atoms with Crippen molar-refractivity contribution in [3.63, 3.8) is 0 Å². The van der Waals surface area contributed by atoms with E-state index in [-0.39, 0.29) is 18.1 Å². The van der Waals surface area contributed by atoms with E-state index in [0.717, 1.165) is 4.68 Å². The van der Waals surface area contributed by atoms with Crippen molar-refractivity contribution in [2.45, 2.75) is 19.3 Å². The van der Waals surface area contributed by atoms with Gasteiger partial charge in [-0.2, -0.15) is 36.3 Å². The third-order valence-electron chi connectivity index (χ3n) is 3.85. The Morgan fingerprint density at radius 3 is 2.10 bits per heavy atom. The molecule has 0 aliphatic heterocycles. The van der Waals surface area contributed by atoms with Crippen LogP contribution in [-0.4, -0.2) is 33.4 Å². The minimum absolute atomic E-state index is 0.00103. The standard InChI is InChI=1S/C16H11Cl2F6N5O/c1-3-30-14-26-11(16(22,23)24)9-12(27-14)28-29(13(9)25-2)10-7(17)4-6(5-8(10)18)15(19,20)21/h4-5,25H,3H2,1-2H3. The first kappa shape index (κ1) is 22.2. The summed E-state index contributed by atoms with van der Waals surface area (Å²) in [4.78, 5) is 7.24. The number of fused-ring (bicyclic) bond motifs is 1. The Hall–Kier alpha value is -2.47. The van der Waals surface area contributed by atoms with E-state index >= 15 is 0 Å². The number of hydrogen-bond donors (Lipinski definition) is 1. The van der Waals surface area contributed by atoms with Gasteiger partial charge in [0.1, 0.15) is 11.5 Å². The molecular weight excluding hydrogens is 463 g/mol. The first-order chi connectivity index (χ1) is 13.9. The Morgan fingerprint density at radius 2 is 1.63 bits per heavy atom. The van der Waals surface area contributed by atoms with Crippen molar-refractivity contribution < 1.29 is 31.1 Å². The highest BCUT2D eigenvalue weighted by Gasteiger charge is 2.39. The fraction of sp³-hybridized carbons (Fsp3) is 0.312. The van der Waals surface area contributed by atoms with Crippen LogP contribution in [0.4, 0.5) is 32.2 Å². The van der Waals surface area contributed by atoms with Crippen molar-refractivity contribution >= 4 is 40.1 Å². The summed E-state index contributed by atoms with van der Waals surface area (Å²) in [6.45, 7) is 1.53. The Balaban J connectivity index is 2.36.